The van der Waals surface area contributed by atoms with Gasteiger partial charge in [0.1, 0.15) is 0 Å². The highest BCUT2D eigenvalue weighted by Crippen LogP contribution is 2.24. The molecule has 1 amide bonds. The zero-order chi connectivity index (χ0) is 17.8. The van der Waals surface area contributed by atoms with Crippen molar-refractivity contribution in [3.8, 4) is 11.1 Å². The molecule has 1 heterocycles. The number of nitrogens with one attached hydrogen (secondary N) is 2. The lowest BCUT2D eigenvalue weighted by atomic mass is 10.0. The Bertz CT molecular complexity index is 707. The highest BCUT2D eigenvalue weighted by atomic mass is 16.1. The first-order chi connectivity index (χ1) is 12.0. The first-order valence-electron chi connectivity index (χ1n) is 8.93. The Morgan fingerprint density at radius 2 is 1.68 bits per heavy atom. The standard InChI is InChI=1S/C21H27N3O/c1-15(22-14-19-10-13-21(25)23-19)16-4-6-17(7-5-16)18-8-11-20(12-9-18)24(2)3/h4-9,11-12,15,19,22H,10,13-14H2,1-3H3,(H,23,25). The summed E-state index contributed by atoms with van der Waals surface area (Å²) in [5.74, 6) is 0.170. The molecule has 3 rings (SSSR count). The lowest BCUT2D eigenvalue weighted by molar-refractivity contribution is -0.119. The van der Waals surface area contributed by atoms with Crippen LogP contribution in [0.1, 0.15) is 31.4 Å². The van der Waals surface area contributed by atoms with Gasteiger partial charge in [0.05, 0.1) is 0 Å². The maximum atomic E-state index is 11.3. The first-order valence-corrected chi connectivity index (χ1v) is 8.93. The van der Waals surface area contributed by atoms with Gasteiger partial charge in [-0.25, -0.2) is 0 Å². The maximum absolute atomic E-state index is 11.3. The van der Waals surface area contributed by atoms with Gasteiger partial charge >= 0.3 is 0 Å². The van der Waals surface area contributed by atoms with Crippen LogP contribution in [0, 0.1) is 0 Å². The van der Waals surface area contributed by atoms with Crippen LogP contribution in [0.3, 0.4) is 0 Å². The number of nitrogens with zero attached hydrogens (tertiary/aromatic N) is 1. The third-order valence-corrected chi connectivity index (χ3v) is 4.88. The average Bonchev–Trinajstić information content (AvgIpc) is 3.05. The van der Waals surface area contributed by atoms with Gasteiger partial charge < -0.3 is 15.5 Å². The molecule has 25 heavy (non-hydrogen) atoms. The third kappa shape index (κ3) is 4.40. The molecule has 0 spiro atoms. The van der Waals surface area contributed by atoms with E-state index in [2.05, 4.69) is 85.1 Å². The largest absolute Gasteiger partial charge is 0.378 e. The van der Waals surface area contributed by atoms with Crippen LogP contribution in [0.25, 0.3) is 11.1 Å². The van der Waals surface area contributed by atoms with Crippen molar-refractivity contribution in [3.63, 3.8) is 0 Å². The minimum absolute atomic E-state index is 0.170. The quantitative estimate of drug-likeness (QED) is 0.850. The van der Waals surface area contributed by atoms with Crippen LogP contribution in [0.2, 0.25) is 0 Å². The second kappa shape index (κ2) is 7.70. The fourth-order valence-electron chi connectivity index (χ4n) is 3.18. The summed E-state index contributed by atoms with van der Waals surface area (Å²) in [5.41, 5.74) is 4.92. The molecule has 132 valence electrons. The number of carbonyl (C=O) groups is 1. The van der Waals surface area contributed by atoms with Crippen molar-refractivity contribution < 1.29 is 4.79 Å². The molecule has 2 unspecified atom stereocenters. The van der Waals surface area contributed by atoms with Crippen molar-refractivity contribution in [2.75, 3.05) is 25.5 Å². The number of hydrogen-bond acceptors (Lipinski definition) is 3. The molecule has 1 fully saturated rings. The molecule has 2 N–H and O–H groups in total. The Morgan fingerprint density at radius 1 is 1.08 bits per heavy atom. The normalized spacial score (nSPS) is 18.0. The van der Waals surface area contributed by atoms with Gasteiger partial charge in [-0.2, -0.15) is 0 Å². The number of amides is 1. The van der Waals surface area contributed by atoms with Gasteiger partial charge in [-0.3, -0.25) is 4.79 Å². The summed E-state index contributed by atoms with van der Waals surface area (Å²) in [6, 6.07) is 17.9. The Morgan fingerprint density at radius 3 is 2.20 bits per heavy atom. The van der Waals surface area contributed by atoms with Crippen LogP contribution < -0.4 is 15.5 Å². The molecule has 0 saturated carbocycles. The lowest BCUT2D eigenvalue weighted by Gasteiger charge is -2.18. The maximum Gasteiger partial charge on any atom is 0.220 e. The van der Waals surface area contributed by atoms with Gasteiger partial charge in [-0.05, 0) is 42.2 Å². The molecular weight excluding hydrogens is 310 g/mol. The highest BCUT2D eigenvalue weighted by Gasteiger charge is 2.20. The van der Waals surface area contributed by atoms with E-state index in [1.807, 2.05) is 0 Å². The van der Waals surface area contributed by atoms with E-state index in [1.54, 1.807) is 0 Å². The molecule has 2 atom stereocenters. The molecule has 2 aromatic rings. The van der Waals surface area contributed by atoms with Gasteiger partial charge in [0.2, 0.25) is 5.91 Å². The summed E-state index contributed by atoms with van der Waals surface area (Å²) in [5, 5.41) is 6.52. The van der Waals surface area contributed by atoms with E-state index >= 15 is 0 Å². The predicted molar refractivity (Wildman–Crippen MR) is 104 cm³/mol. The summed E-state index contributed by atoms with van der Waals surface area (Å²) >= 11 is 0. The minimum atomic E-state index is 0.170. The van der Waals surface area contributed by atoms with Crippen LogP contribution in [-0.2, 0) is 4.79 Å². The van der Waals surface area contributed by atoms with E-state index in [-0.39, 0.29) is 18.0 Å². The van der Waals surface area contributed by atoms with Gasteiger partial charge in [0.25, 0.3) is 0 Å². The lowest BCUT2D eigenvalue weighted by Crippen LogP contribution is -2.36. The van der Waals surface area contributed by atoms with Crippen LogP contribution in [0.15, 0.2) is 48.5 Å². The molecule has 0 aliphatic carbocycles. The van der Waals surface area contributed by atoms with Gasteiger partial charge in [0.15, 0.2) is 0 Å². The molecule has 1 saturated heterocycles. The summed E-state index contributed by atoms with van der Waals surface area (Å²) in [6.07, 6.45) is 1.59. The fraction of sp³-hybridized carbons (Fsp3) is 0.381. The van der Waals surface area contributed by atoms with Crippen LogP contribution >= 0.6 is 0 Å². The zero-order valence-corrected chi connectivity index (χ0v) is 15.3. The van der Waals surface area contributed by atoms with Crippen LogP contribution in [0.5, 0.6) is 0 Å². The Hall–Kier alpha value is -2.33. The number of carbonyl (C=O) groups excluding carboxylic acids is 1. The van der Waals surface area contributed by atoms with Crippen molar-refractivity contribution in [3.05, 3.63) is 54.1 Å². The third-order valence-electron chi connectivity index (χ3n) is 4.88. The van der Waals surface area contributed by atoms with E-state index < -0.39 is 0 Å². The summed E-state index contributed by atoms with van der Waals surface area (Å²) < 4.78 is 0. The van der Waals surface area contributed by atoms with Gasteiger partial charge in [0, 0.05) is 44.8 Å². The van der Waals surface area contributed by atoms with E-state index in [1.165, 1.54) is 22.4 Å². The Kier molecular flexibility index (Phi) is 5.39. The topological polar surface area (TPSA) is 44.4 Å². The molecule has 4 heteroatoms. The van der Waals surface area contributed by atoms with Crippen LogP contribution in [0.4, 0.5) is 5.69 Å². The number of hydrogen-bond donors (Lipinski definition) is 2. The van der Waals surface area contributed by atoms with Crippen molar-refractivity contribution in [2.45, 2.75) is 31.8 Å². The van der Waals surface area contributed by atoms with E-state index in [0.717, 1.165) is 13.0 Å². The molecule has 0 bridgehead atoms. The van der Waals surface area contributed by atoms with Crippen molar-refractivity contribution in [1.82, 2.24) is 10.6 Å². The molecule has 0 radical (unpaired) electrons. The van der Waals surface area contributed by atoms with E-state index in [0.29, 0.717) is 6.42 Å². The minimum Gasteiger partial charge on any atom is -0.378 e. The second-order valence-electron chi connectivity index (χ2n) is 7.00. The molecule has 2 aromatic carbocycles. The zero-order valence-electron chi connectivity index (χ0n) is 15.3. The number of benzene rings is 2. The monoisotopic (exact) mass is 337 g/mol. The molecule has 1 aliphatic rings. The predicted octanol–water partition coefficient (Wildman–Crippen LogP) is 3.35. The highest BCUT2D eigenvalue weighted by molar-refractivity contribution is 5.78. The van der Waals surface area contributed by atoms with Crippen LogP contribution in [-0.4, -0.2) is 32.6 Å². The van der Waals surface area contributed by atoms with Gasteiger partial charge in [-0.15, -0.1) is 0 Å². The Balaban J connectivity index is 1.60. The van der Waals surface area contributed by atoms with Crippen molar-refractivity contribution in [2.24, 2.45) is 0 Å². The van der Waals surface area contributed by atoms with Crippen molar-refractivity contribution in [1.29, 1.82) is 0 Å². The SMILES string of the molecule is CC(NCC1CCC(=O)N1)c1ccc(-c2ccc(N(C)C)cc2)cc1. The van der Waals surface area contributed by atoms with Gasteiger partial charge in [-0.1, -0.05) is 36.4 Å². The summed E-state index contributed by atoms with van der Waals surface area (Å²) in [4.78, 5) is 13.4. The number of rotatable bonds is 6. The number of anilines is 1. The fourth-order valence-corrected chi connectivity index (χ4v) is 3.18. The molecule has 0 aromatic heterocycles. The summed E-state index contributed by atoms with van der Waals surface area (Å²) in [6.45, 7) is 2.98. The molecule has 1 aliphatic heterocycles. The first kappa shape index (κ1) is 17.5. The molecule has 4 nitrogen and oxygen atoms in total. The smallest absolute Gasteiger partial charge is 0.220 e. The van der Waals surface area contributed by atoms with Crippen molar-refractivity contribution >= 4 is 11.6 Å². The van der Waals surface area contributed by atoms with E-state index in [9.17, 15) is 4.79 Å². The second-order valence-corrected chi connectivity index (χ2v) is 7.00. The molecular formula is C21H27N3O. The Labute approximate surface area is 150 Å². The van der Waals surface area contributed by atoms with E-state index in [4.69, 9.17) is 0 Å². The average molecular weight is 337 g/mol. The summed E-state index contributed by atoms with van der Waals surface area (Å²) in [7, 11) is 4.10.